The number of carbonyl (C=O) groups is 1. The molecule has 1 fully saturated rings. The molecule has 140 valence electrons. The first-order chi connectivity index (χ1) is 13.1. The van der Waals surface area contributed by atoms with E-state index in [2.05, 4.69) is 46.3 Å². The Labute approximate surface area is 162 Å². The quantitative estimate of drug-likeness (QED) is 0.652. The molecule has 1 aliphatic rings. The molecule has 0 unspecified atom stereocenters. The van der Waals surface area contributed by atoms with E-state index in [1.165, 1.54) is 17.3 Å². The second-order valence-electron chi connectivity index (χ2n) is 6.42. The van der Waals surface area contributed by atoms with Crippen molar-refractivity contribution in [2.24, 2.45) is 0 Å². The van der Waals surface area contributed by atoms with Crippen LogP contribution in [0.15, 0.2) is 33.8 Å². The molecule has 1 aromatic carbocycles. The lowest BCUT2D eigenvalue weighted by atomic mass is 10.1. The summed E-state index contributed by atoms with van der Waals surface area (Å²) in [5, 5.41) is 9.98. The first-order valence-corrected chi connectivity index (χ1v) is 9.51. The van der Waals surface area contributed by atoms with Gasteiger partial charge in [0.25, 0.3) is 5.56 Å². The minimum absolute atomic E-state index is 0.159. The fraction of sp³-hybridized carbons (Fsp3) is 0.353. The van der Waals surface area contributed by atoms with Crippen LogP contribution in [0.2, 0.25) is 0 Å². The largest absolute Gasteiger partial charge is 0.340 e. The normalized spacial score (nSPS) is 14.5. The molecule has 9 nitrogen and oxygen atoms in total. The van der Waals surface area contributed by atoms with Gasteiger partial charge in [-0.05, 0) is 37.5 Å². The first-order valence-electron chi connectivity index (χ1n) is 8.72. The highest BCUT2D eigenvalue weighted by Crippen LogP contribution is 2.17. The molecule has 1 amide bonds. The number of hydrogen-bond acceptors (Lipinski definition) is 6. The Morgan fingerprint density at radius 3 is 2.89 bits per heavy atom. The predicted molar refractivity (Wildman–Crippen MR) is 105 cm³/mol. The Kier molecular flexibility index (Phi) is 4.88. The monoisotopic (exact) mass is 431 g/mol. The van der Waals surface area contributed by atoms with Crippen LogP contribution in [0.5, 0.6) is 0 Å². The molecule has 4 rings (SSSR count). The third-order valence-electron chi connectivity index (χ3n) is 4.47. The summed E-state index contributed by atoms with van der Waals surface area (Å²) in [6.07, 6.45) is 4.82. The van der Waals surface area contributed by atoms with Crippen LogP contribution in [0.3, 0.4) is 0 Å². The van der Waals surface area contributed by atoms with Crippen LogP contribution in [-0.4, -0.2) is 43.7 Å². The lowest BCUT2D eigenvalue weighted by Gasteiger charge is -2.24. The minimum atomic E-state index is -0.380. The summed E-state index contributed by atoms with van der Waals surface area (Å²) in [5.41, 5.74) is 0.310. The summed E-state index contributed by atoms with van der Waals surface area (Å²) in [6, 6.07) is 5.26. The van der Waals surface area contributed by atoms with Crippen LogP contribution in [0, 0.1) is 0 Å². The molecule has 2 aromatic heterocycles. The molecular weight excluding hydrogens is 414 g/mol. The topological polar surface area (TPSA) is 109 Å². The van der Waals surface area contributed by atoms with E-state index in [1.54, 1.807) is 12.1 Å². The molecule has 0 radical (unpaired) electrons. The van der Waals surface area contributed by atoms with Crippen molar-refractivity contribution in [2.75, 3.05) is 23.3 Å². The first kappa shape index (κ1) is 17.7. The van der Waals surface area contributed by atoms with E-state index in [1.807, 2.05) is 6.07 Å². The number of fused-ring (bicyclic) bond motifs is 1. The number of amides is 1. The van der Waals surface area contributed by atoms with Crippen molar-refractivity contribution in [3.05, 3.63) is 39.4 Å². The van der Waals surface area contributed by atoms with Crippen LogP contribution >= 0.6 is 15.9 Å². The Hall–Kier alpha value is -2.75. The van der Waals surface area contributed by atoms with E-state index in [0.29, 0.717) is 16.9 Å². The molecule has 27 heavy (non-hydrogen) atoms. The average molecular weight is 432 g/mol. The van der Waals surface area contributed by atoms with E-state index >= 15 is 0 Å². The van der Waals surface area contributed by atoms with Crippen molar-refractivity contribution < 1.29 is 4.79 Å². The number of halogens is 1. The third kappa shape index (κ3) is 3.85. The molecule has 1 saturated heterocycles. The van der Waals surface area contributed by atoms with Gasteiger partial charge in [-0.2, -0.15) is 4.98 Å². The van der Waals surface area contributed by atoms with Crippen LogP contribution in [-0.2, 0) is 11.3 Å². The molecule has 10 heteroatoms. The van der Waals surface area contributed by atoms with Crippen molar-refractivity contribution in [1.29, 1.82) is 0 Å². The van der Waals surface area contributed by atoms with Crippen LogP contribution < -0.4 is 15.8 Å². The van der Waals surface area contributed by atoms with Gasteiger partial charge in [0.1, 0.15) is 6.54 Å². The number of rotatable bonds is 4. The Balaban J connectivity index is 1.47. The molecule has 3 aromatic rings. The molecule has 2 N–H and O–H groups in total. The number of H-pyrrole nitrogens is 1. The second kappa shape index (κ2) is 7.47. The Morgan fingerprint density at radius 2 is 2.07 bits per heavy atom. The van der Waals surface area contributed by atoms with Gasteiger partial charge in [-0.15, -0.1) is 5.10 Å². The summed E-state index contributed by atoms with van der Waals surface area (Å²) in [5.74, 6) is 0.471. The standard InChI is InChI=1S/C17H18BrN7O2/c18-11-4-5-13-12(8-11)15(27)25(10-19-13)9-14(26)20-16-21-17(23-22-16)24-6-2-1-3-7-24/h4-5,8,10H,1-3,6-7,9H2,(H2,20,21,22,23,26). The molecule has 3 heterocycles. The number of piperidine rings is 1. The van der Waals surface area contributed by atoms with Crippen LogP contribution in [0.25, 0.3) is 10.9 Å². The highest BCUT2D eigenvalue weighted by molar-refractivity contribution is 9.10. The zero-order chi connectivity index (χ0) is 18.8. The number of aromatic nitrogens is 5. The van der Waals surface area contributed by atoms with Gasteiger partial charge in [0.15, 0.2) is 0 Å². The molecular formula is C17H18BrN7O2. The number of nitrogens with zero attached hydrogens (tertiary/aromatic N) is 5. The summed E-state index contributed by atoms with van der Waals surface area (Å²) < 4.78 is 2.05. The lowest BCUT2D eigenvalue weighted by molar-refractivity contribution is -0.116. The zero-order valence-corrected chi connectivity index (χ0v) is 16.1. The molecule has 0 spiro atoms. The van der Waals surface area contributed by atoms with Gasteiger partial charge in [-0.3, -0.25) is 19.5 Å². The highest BCUT2D eigenvalue weighted by atomic mass is 79.9. The number of hydrogen-bond donors (Lipinski definition) is 2. The summed E-state index contributed by atoms with van der Waals surface area (Å²) in [7, 11) is 0. The number of aromatic amines is 1. The molecule has 0 atom stereocenters. The molecule has 0 aliphatic carbocycles. The minimum Gasteiger partial charge on any atom is -0.340 e. The summed E-state index contributed by atoms with van der Waals surface area (Å²) in [6.45, 7) is 1.67. The van der Waals surface area contributed by atoms with Gasteiger partial charge < -0.3 is 4.90 Å². The van der Waals surface area contributed by atoms with Crippen molar-refractivity contribution in [1.82, 2.24) is 24.7 Å². The van der Waals surface area contributed by atoms with Gasteiger partial charge >= 0.3 is 0 Å². The van der Waals surface area contributed by atoms with E-state index in [9.17, 15) is 9.59 Å². The Morgan fingerprint density at radius 1 is 1.26 bits per heavy atom. The van der Waals surface area contributed by atoms with Crippen molar-refractivity contribution >= 4 is 44.6 Å². The molecule has 1 aliphatic heterocycles. The van der Waals surface area contributed by atoms with Gasteiger partial charge in [0.05, 0.1) is 17.2 Å². The number of nitrogens with one attached hydrogen (secondary N) is 2. The van der Waals surface area contributed by atoms with E-state index in [-0.39, 0.29) is 24.0 Å². The highest BCUT2D eigenvalue weighted by Gasteiger charge is 2.16. The van der Waals surface area contributed by atoms with Crippen molar-refractivity contribution in [3.8, 4) is 0 Å². The average Bonchev–Trinajstić information content (AvgIpc) is 3.13. The van der Waals surface area contributed by atoms with Gasteiger partial charge in [0, 0.05) is 17.6 Å². The fourth-order valence-corrected chi connectivity index (χ4v) is 3.48. The maximum absolute atomic E-state index is 12.6. The van der Waals surface area contributed by atoms with E-state index < -0.39 is 0 Å². The predicted octanol–water partition coefficient (Wildman–Crippen LogP) is 1.91. The van der Waals surface area contributed by atoms with Crippen LogP contribution in [0.4, 0.5) is 11.9 Å². The van der Waals surface area contributed by atoms with Gasteiger partial charge in [-0.1, -0.05) is 15.9 Å². The number of benzene rings is 1. The smallest absolute Gasteiger partial charge is 0.261 e. The third-order valence-corrected chi connectivity index (χ3v) is 4.96. The number of anilines is 2. The van der Waals surface area contributed by atoms with Crippen molar-refractivity contribution in [2.45, 2.75) is 25.8 Å². The maximum atomic E-state index is 12.6. The summed E-state index contributed by atoms with van der Waals surface area (Å²) in [4.78, 5) is 35.5. The zero-order valence-electron chi connectivity index (χ0n) is 14.5. The Bertz CT molecular complexity index is 1040. The van der Waals surface area contributed by atoms with E-state index in [4.69, 9.17) is 0 Å². The summed E-state index contributed by atoms with van der Waals surface area (Å²) >= 11 is 3.34. The van der Waals surface area contributed by atoms with Crippen LogP contribution in [0.1, 0.15) is 19.3 Å². The lowest BCUT2D eigenvalue weighted by Crippen LogP contribution is -2.30. The van der Waals surface area contributed by atoms with Crippen molar-refractivity contribution in [3.63, 3.8) is 0 Å². The second-order valence-corrected chi connectivity index (χ2v) is 7.33. The van der Waals surface area contributed by atoms with Gasteiger partial charge in [0.2, 0.25) is 17.8 Å². The molecule has 0 bridgehead atoms. The number of carbonyl (C=O) groups excluding carboxylic acids is 1. The fourth-order valence-electron chi connectivity index (χ4n) is 3.11. The van der Waals surface area contributed by atoms with E-state index in [0.717, 1.165) is 30.4 Å². The molecule has 0 saturated carbocycles. The van der Waals surface area contributed by atoms with Gasteiger partial charge in [-0.25, -0.2) is 10.1 Å². The maximum Gasteiger partial charge on any atom is 0.261 e. The SMILES string of the molecule is O=C(Cn1cnc2ccc(Br)cc2c1=O)Nc1nc(N2CCCCC2)n[nH]1.